The molecule has 1 saturated heterocycles. The van der Waals surface area contributed by atoms with Crippen LogP contribution in [0.2, 0.25) is 0 Å². The summed E-state index contributed by atoms with van der Waals surface area (Å²) in [6.07, 6.45) is 2.15. The quantitative estimate of drug-likeness (QED) is 0.908. The first-order valence-electron chi connectivity index (χ1n) is 7.02. The molecule has 0 atom stereocenters. The van der Waals surface area contributed by atoms with Crippen molar-refractivity contribution in [2.24, 2.45) is 5.92 Å². The normalized spacial score (nSPS) is 15.2. The highest BCUT2D eigenvalue weighted by molar-refractivity contribution is 5.85. The number of aryl methyl sites for hydroxylation is 1. The van der Waals surface area contributed by atoms with Crippen LogP contribution >= 0.6 is 24.8 Å². The topological polar surface area (TPSA) is 46.9 Å². The number of hydrogen-bond donors (Lipinski definition) is 1. The molecule has 0 unspecified atom stereocenters. The van der Waals surface area contributed by atoms with Crippen LogP contribution in [0, 0.1) is 18.7 Å². The number of fused-ring (bicyclic) bond motifs is 1. The lowest BCUT2D eigenvalue weighted by atomic mass is 9.98. The van der Waals surface area contributed by atoms with Crippen LogP contribution in [0.5, 0.6) is 0 Å². The average Bonchev–Trinajstić information content (AvgIpc) is 2.44. The van der Waals surface area contributed by atoms with E-state index in [0.717, 1.165) is 25.9 Å². The smallest absolute Gasteiger partial charge is 0.261 e. The number of benzene rings is 1. The highest BCUT2D eigenvalue weighted by Gasteiger charge is 2.16. The Morgan fingerprint density at radius 2 is 2.00 bits per heavy atom. The standard InChI is InChI=1S/C15H18FN3O.2ClH/c1-10-18-14-8-12(16)2-3-13(14)15(20)19(10)9-11-4-6-17-7-5-11;;/h2-3,8,11,17H,4-7,9H2,1H3;2*1H. The van der Waals surface area contributed by atoms with Crippen molar-refractivity contribution in [2.75, 3.05) is 13.1 Å². The summed E-state index contributed by atoms with van der Waals surface area (Å²) in [6.45, 7) is 4.52. The first kappa shape index (κ1) is 18.9. The molecule has 1 aliphatic rings. The zero-order valence-corrected chi connectivity index (χ0v) is 14.0. The maximum Gasteiger partial charge on any atom is 0.261 e. The summed E-state index contributed by atoms with van der Waals surface area (Å²) in [5.41, 5.74) is 0.375. The number of halogens is 3. The zero-order chi connectivity index (χ0) is 14.1. The molecule has 122 valence electrons. The van der Waals surface area contributed by atoms with Crippen LogP contribution in [0.15, 0.2) is 23.0 Å². The third-order valence-corrected chi connectivity index (χ3v) is 4.01. The number of hydrogen-bond acceptors (Lipinski definition) is 3. The van der Waals surface area contributed by atoms with Crippen LogP contribution < -0.4 is 10.9 Å². The number of aromatic nitrogens is 2. The van der Waals surface area contributed by atoms with Crippen molar-refractivity contribution >= 4 is 35.7 Å². The monoisotopic (exact) mass is 347 g/mol. The molecule has 0 aliphatic carbocycles. The minimum absolute atomic E-state index is 0. The van der Waals surface area contributed by atoms with Crippen LogP contribution in [-0.2, 0) is 6.54 Å². The second kappa shape index (κ2) is 7.90. The van der Waals surface area contributed by atoms with E-state index in [1.54, 1.807) is 4.57 Å². The molecule has 3 rings (SSSR count). The van der Waals surface area contributed by atoms with Crippen molar-refractivity contribution in [1.82, 2.24) is 14.9 Å². The van der Waals surface area contributed by atoms with Crippen molar-refractivity contribution < 1.29 is 4.39 Å². The average molecular weight is 348 g/mol. The molecule has 22 heavy (non-hydrogen) atoms. The lowest BCUT2D eigenvalue weighted by Gasteiger charge is -2.24. The van der Waals surface area contributed by atoms with Gasteiger partial charge < -0.3 is 5.32 Å². The van der Waals surface area contributed by atoms with Gasteiger partial charge in [-0.15, -0.1) is 24.8 Å². The van der Waals surface area contributed by atoms with Crippen LogP contribution in [0.25, 0.3) is 10.9 Å². The number of piperidine rings is 1. The molecule has 4 nitrogen and oxygen atoms in total. The molecule has 0 radical (unpaired) electrons. The summed E-state index contributed by atoms with van der Waals surface area (Å²) < 4.78 is 14.9. The number of rotatable bonds is 2. The van der Waals surface area contributed by atoms with E-state index in [-0.39, 0.29) is 36.2 Å². The Morgan fingerprint density at radius 3 is 2.68 bits per heavy atom. The minimum atomic E-state index is -0.361. The second-order valence-electron chi connectivity index (χ2n) is 5.43. The Bertz CT molecular complexity index is 699. The summed E-state index contributed by atoms with van der Waals surface area (Å²) in [5.74, 6) is 0.805. The molecule has 7 heteroatoms. The maximum absolute atomic E-state index is 13.2. The van der Waals surface area contributed by atoms with E-state index in [9.17, 15) is 9.18 Å². The van der Waals surface area contributed by atoms with Gasteiger partial charge in [-0.1, -0.05) is 0 Å². The molecule has 2 heterocycles. The largest absolute Gasteiger partial charge is 0.317 e. The molecule has 1 fully saturated rings. The van der Waals surface area contributed by atoms with Gasteiger partial charge in [-0.05, 0) is 50.9 Å². The van der Waals surface area contributed by atoms with Gasteiger partial charge in [-0.2, -0.15) is 0 Å². The van der Waals surface area contributed by atoms with Gasteiger partial charge in [0.25, 0.3) is 5.56 Å². The van der Waals surface area contributed by atoms with Crippen molar-refractivity contribution in [3.8, 4) is 0 Å². The highest BCUT2D eigenvalue weighted by atomic mass is 35.5. The predicted molar refractivity (Wildman–Crippen MR) is 90.8 cm³/mol. The molecule has 1 aliphatic heterocycles. The molecule has 0 bridgehead atoms. The van der Waals surface area contributed by atoms with Crippen LogP contribution in [0.3, 0.4) is 0 Å². The van der Waals surface area contributed by atoms with Crippen molar-refractivity contribution in [2.45, 2.75) is 26.3 Å². The van der Waals surface area contributed by atoms with Gasteiger partial charge in [0, 0.05) is 12.6 Å². The molecular formula is C15H20Cl2FN3O. The highest BCUT2D eigenvalue weighted by Crippen LogP contribution is 2.16. The van der Waals surface area contributed by atoms with E-state index in [2.05, 4.69) is 10.3 Å². The van der Waals surface area contributed by atoms with E-state index in [4.69, 9.17) is 0 Å². The van der Waals surface area contributed by atoms with Gasteiger partial charge >= 0.3 is 0 Å². The molecule has 1 aromatic heterocycles. The van der Waals surface area contributed by atoms with Crippen LogP contribution in [0.1, 0.15) is 18.7 Å². The lowest BCUT2D eigenvalue weighted by Crippen LogP contribution is -2.33. The van der Waals surface area contributed by atoms with E-state index in [0.29, 0.717) is 29.2 Å². The van der Waals surface area contributed by atoms with E-state index in [1.807, 2.05) is 6.92 Å². The third-order valence-electron chi connectivity index (χ3n) is 4.01. The van der Waals surface area contributed by atoms with Crippen LogP contribution in [0.4, 0.5) is 4.39 Å². The Labute approximate surface area is 140 Å². The predicted octanol–water partition coefficient (Wildman–Crippen LogP) is 2.69. The first-order chi connectivity index (χ1) is 9.65. The molecule has 0 spiro atoms. The number of nitrogens with one attached hydrogen (secondary N) is 1. The molecule has 1 N–H and O–H groups in total. The summed E-state index contributed by atoms with van der Waals surface area (Å²) in [6, 6.07) is 4.16. The summed E-state index contributed by atoms with van der Waals surface area (Å²) in [4.78, 5) is 16.9. The SMILES string of the molecule is Cc1nc2cc(F)ccc2c(=O)n1CC1CCNCC1.Cl.Cl. The van der Waals surface area contributed by atoms with Crippen LogP contribution in [-0.4, -0.2) is 22.6 Å². The minimum Gasteiger partial charge on any atom is -0.317 e. The summed E-state index contributed by atoms with van der Waals surface area (Å²) >= 11 is 0. The van der Waals surface area contributed by atoms with E-state index < -0.39 is 0 Å². The van der Waals surface area contributed by atoms with E-state index >= 15 is 0 Å². The van der Waals surface area contributed by atoms with Gasteiger partial charge in [0.05, 0.1) is 10.9 Å². The Morgan fingerprint density at radius 1 is 1.32 bits per heavy atom. The molecule has 1 aromatic carbocycles. The fourth-order valence-electron chi connectivity index (χ4n) is 2.84. The Kier molecular flexibility index (Phi) is 6.78. The lowest BCUT2D eigenvalue weighted by molar-refractivity contribution is 0.326. The second-order valence-corrected chi connectivity index (χ2v) is 5.43. The van der Waals surface area contributed by atoms with Gasteiger partial charge in [0.1, 0.15) is 11.6 Å². The molecular weight excluding hydrogens is 328 g/mol. The Hall–Kier alpha value is -1.17. The molecule has 2 aromatic rings. The third kappa shape index (κ3) is 3.77. The fourth-order valence-corrected chi connectivity index (χ4v) is 2.84. The van der Waals surface area contributed by atoms with E-state index in [1.165, 1.54) is 18.2 Å². The van der Waals surface area contributed by atoms with Gasteiger partial charge in [0.2, 0.25) is 0 Å². The first-order valence-corrected chi connectivity index (χ1v) is 7.02. The summed E-state index contributed by atoms with van der Waals surface area (Å²) in [7, 11) is 0. The van der Waals surface area contributed by atoms with Crippen molar-refractivity contribution in [3.05, 3.63) is 40.2 Å². The molecule has 0 saturated carbocycles. The van der Waals surface area contributed by atoms with Crippen molar-refractivity contribution in [3.63, 3.8) is 0 Å². The Balaban J connectivity index is 0.00000121. The van der Waals surface area contributed by atoms with Gasteiger partial charge in [-0.25, -0.2) is 9.37 Å². The summed E-state index contributed by atoms with van der Waals surface area (Å²) in [5, 5.41) is 3.81. The molecule has 0 amide bonds. The van der Waals surface area contributed by atoms with Gasteiger partial charge in [-0.3, -0.25) is 9.36 Å². The maximum atomic E-state index is 13.2. The fraction of sp³-hybridized carbons (Fsp3) is 0.467. The number of nitrogens with zero attached hydrogens (tertiary/aromatic N) is 2. The van der Waals surface area contributed by atoms with Gasteiger partial charge in [0.15, 0.2) is 0 Å². The van der Waals surface area contributed by atoms with Crippen molar-refractivity contribution in [1.29, 1.82) is 0 Å². The zero-order valence-electron chi connectivity index (χ0n) is 12.3.